The van der Waals surface area contributed by atoms with Gasteiger partial charge < -0.3 is 15.2 Å². The molecular formula is C32H33F3N6O2. The summed E-state index contributed by atoms with van der Waals surface area (Å²) >= 11 is 0. The Morgan fingerprint density at radius 1 is 1.12 bits per heavy atom. The summed E-state index contributed by atoms with van der Waals surface area (Å²) in [6.45, 7) is 1.92. The third-order valence-corrected chi connectivity index (χ3v) is 8.96. The SMILES string of the molecule is CC1CC(c2ccc(F)c(N(Cc3cc(C(N)=O)c(=O)n(-c4ccc(F)cc4)c3)CC3(CF)CC3)c2)(c2nncn2C)C1. The van der Waals surface area contributed by atoms with Crippen LogP contribution in [0.15, 0.2) is 65.8 Å². The molecule has 8 nitrogen and oxygen atoms in total. The van der Waals surface area contributed by atoms with E-state index < -0.39 is 40.6 Å². The summed E-state index contributed by atoms with van der Waals surface area (Å²) in [4.78, 5) is 27.2. The summed E-state index contributed by atoms with van der Waals surface area (Å²) in [7, 11) is 1.89. The lowest BCUT2D eigenvalue weighted by Crippen LogP contribution is -2.43. The van der Waals surface area contributed by atoms with Crippen molar-refractivity contribution in [2.24, 2.45) is 24.1 Å². The number of pyridine rings is 1. The molecule has 224 valence electrons. The van der Waals surface area contributed by atoms with Crippen molar-refractivity contribution < 1.29 is 18.0 Å². The van der Waals surface area contributed by atoms with Gasteiger partial charge in [0.15, 0.2) is 0 Å². The molecule has 2 N–H and O–H groups in total. The molecule has 43 heavy (non-hydrogen) atoms. The Morgan fingerprint density at radius 2 is 1.84 bits per heavy atom. The highest BCUT2D eigenvalue weighted by molar-refractivity contribution is 5.92. The Bertz CT molecular complexity index is 1740. The second-order valence-corrected chi connectivity index (χ2v) is 12.3. The molecule has 0 radical (unpaired) electrons. The van der Waals surface area contributed by atoms with Gasteiger partial charge in [-0.25, -0.2) is 8.78 Å². The van der Waals surface area contributed by atoms with Crippen LogP contribution in [0.3, 0.4) is 0 Å². The van der Waals surface area contributed by atoms with Gasteiger partial charge in [-0.3, -0.25) is 18.5 Å². The minimum absolute atomic E-state index is 0.0667. The molecule has 2 fully saturated rings. The standard InChI is InChI=1S/C32H33F3N6O2/c1-20-13-32(14-20,30-38-37-19-39(30)2)22-3-8-26(35)27(12-22)40(18-31(17-33)9-10-31)15-21-11-25(28(36)42)29(43)41(16-21)24-6-4-23(34)5-7-24/h3-8,11-12,16,19-20H,9-10,13-15,17-18H2,1-2H3,(H2,36,42). The van der Waals surface area contributed by atoms with E-state index in [2.05, 4.69) is 17.1 Å². The molecule has 6 rings (SSSR count). The summed E-state index contributed by atoms with van der Waals surface area (Å²) in [6.07, 6.45) is 6.17. The Labute approximate surface area is 247 Å². The van der Waals surface area contributed by atoms with E-state index in [-0.39, 0.29) is 18.7 Å². The lowest BCUT2D eigenvalue weighted by Gasteiger charge is -2.46. The number of alkyl halides is 1. The fraction of sp³-hybridized carbons (Fsp3) is 0.375. The van der Waals surface area contributed by atoms with E-state index in [1.807, 2.05) is 17.7 Å². The van der Waals surface area contributed by atoms with E-state index in [4.69, 9.17) is 5.73 Å². The van der Waals surface area contributed by atoms with E-state index in [1.165, 1.54) is 47.2 Å². The third kappa shape index (κ3) is 5.21. The zero-order chi connectivity index (χ0) is 30.5. The van der Waals surface area contributed by atoms with Crippen LogP contribution in [0.5, 0.6) is 0 Å². The molecule has 0 aliphatic heterocycles. The van der Waals surface area contributed by atoms with Crippen molar-refractivity contribution in [2.45, 2.75) is 44.6 Å². The minimum Gasteiger partial charge on any atom is -0.365 e. The average Bonchev–Trinajstić information content (AvgIpc) is 3.61. The number of aryl methyl sites for hydroxylation is 1. The van der Waals surface area contributed by atoms with Gasteiger partial charge in [-0.2, -0.15) is 0 Å². The number of anilines is 1. The van der Waals surface area contributed by atoms with Crippen LogP contribution in [0.2, 0.25) is 0 Å². The zero-order valence-corrected chi connectivity index (χ0v) is 24.1. The van der Waals surface area contributed by atoms with Crippen LogP contribution in [0.1, 0.15) is 59.9 Å². The summed E-state index contributed by atoms with van der Waals surface area (Å²) in [5.74, 6) is -0.627. The molecule has 0 saturated heterocycles. The second kappa shape index (κ2) is 10.7. The summed E-state index contributed by atoms with van der Waals surface area (Å²) in [5.41, 5.74) is 5.61. The quantitative estimate of drug-likeness (QED) is 0.286. The first-order valence-electron chi connectivity index (χ1n) is 14.3. The van der Waals surface area contributed by atoms with Crippen LogP contribution in [0.25, 0.3) is 5.69 Å². The maximum Gasteiger partial charge on any atom is 0.267 e. The van der Waals surface area contributed by atoms with E-state index in [0.29, 0.717) is 35.7 Å². The molecule has 1 amide bonds. The van der Waals surface area contributed by atoms with Crippen molar-refractivity contribution in [3.8, 4) is 5.69 Å². The van der Waals surface area contributed by atoms with Gasteiger partial charge in [0.1, 0.15) is 29.3 Å². The number of primary amides is 1. The summed E-state index contributed by atoms with van der Waals surface area (Å²) < 4.78 is 46.7. The lowest BCUT2D eigenvalue weighted by atomic mass is 9.58. The molecule has 2 saturated carbocycles. The van der Waals surface area contributed by atoms with Gasteiger partial charge in [0.05, 0.1) is 17.8 Å². The van der Waals surface area contributed by atoms with Gasteiger partial charge in [0.2, 0.25) is 0 Å². The van der Waals surface area contributed by atoms with Crippen molar-refractivity contribution in [1.29, 1.82) is 0 Å². The maximum absolute atomic E-state index is 15.8. The van der Waals surface area contributed by atoms with E-state index in [1.54, 1.807) is 17.3 Å². The summed E-state index contributed by atoms with van der Waals surface area (Å²) in [6, 6.07) is 11.7. The Hall–Kier alpha value is -4.41. The number of hydrogen-bond acceptors (Lipinski definition) is 5. The number of nitrogens with zero attached hydrogens (tertiary/aromatic N) is 5. The summed E-state index contributed by atoms with van der Waals surface area (Å²) in [5, 5.41) is 8.49. The molecule has 2 aromatic heterocycles. The first-order valence-corrected chi connectivity index (χ1v) is 14.3. The van der Waals surface area contributed by atoms with Gasteiger partial charge in [-0.05, 0) is 85.2 Å². The molecule has 4 aromatic rings. The van der Waals surface area contributed by atoms with Crippen LogP contribution in [-0.4, -0.2) is 38.5 Å². The fourth-order valence-corrected chi connectivity index (χ4v) is 6.50. The number of rotatable bonds is 10. The zero-order valence-electron chi connectivity index (χ0n) is 24.1. The smallest absolute Gasteiger partial charge is 0.267 e. The highest BCUT2D eigenvalue weighted by Crippen LogP contribution is 2.53. The predicted octanol–water partition coefficient (Wildman–Crippen LogP) is 4.82. The van der Waals surface area contributed by atoms with E-state index >= 15 is 4.39 Å². The number of benzene rings is 2. The van der Waals surface area contributed by atoms with Crippen molar-refractivity contribution in [1.82, 2.24) is 19.3 Å². The number of aromatic nitrogens is 4. The number of nitrogens with two attached hydrogens (primary N) is 1. The van der Waals surface area contributed by atoms with Gasteiger partial charge in [-0.1, -0.05) is 13.0 Å². The van der Waals surface area contributed by atoms with Gasteiger partial charge in [-0.15, -0.1) is 10.2 Å². The molecule has 2 aromatic carbocycles. The first-order chi connectivity index (χ1) is 20.5. The van der Waals surface area contributed by atoms with Gasteiger partial charge in [0, 0.05) is 37.4 Å². The highest BCUT2D eigenvalue weighted by atomic mass is 19.1. The van der Waals surface area contributed by atoms with Crippen molar-refractivity contribution in [3.05, 3.63) is 106 Å². The molecule has 0 bridgehead atoms. The number of amides is 1. The van der Waals surface area contributed by atoms with Gasteiger partial charge >= 0.3 is 0 Å². The largest absolute Gasteiger partial charge is 0.365 e. The molecule has 2 aliphatic rings. The maximum atomic E-state index is 15.8. The van der Waals surface area contributed by atoms with Crippen LogP contribution >= 0.6 is 0 Å². The number of hydrogen-bond donors (Lipinski definition) is 1. The predicted molar refractivity (Wildman–Crippen MR) is 156 cm³/mol. The Balaban J connectivity index is 1.45. The van der Waals surface area contributed by atoms with Crippen molar-refractivity contribution in [3.63, 3.8) is 0 Å². The number of halogens is 3. The van der Waals surface area contributed by atoms with Crippen LogP contribution < -0.4 is 16.2 Å². The Kier molecular flexibility index (Phi) is 7.14. The minimum atomic E-state index is -0.922. The topological polar surface area (TPSA) is 99.0 Å². The molecule has 0 atom stereocenters. The molecule has 11 heteroatoms. The third-order valence-electron chi connectivity index (χ3n) is 8.96. The highest BCUT2D eigenvalue weighted by Gasteiger charge is 2.49. The second-order valence-electron chi connectivity index (χ2n) is 12.3. The van der Waals surface area contributed by atoms with Crippen LogP contribution in [0, 0.1) is 23.0 Å². The molecule has 2 heterocycles. The van der Waals surface area contributed by atoms with Crippen LogP contribution in [-0.2, 0) is 19.0 Å². The molecular weight excluding hydrogens is 557 g/mol. The molecule has 2 aliphatic carbocycles. The number of carbonyl (C=O) groups is 1. The van der Waals surface area contributed by atoms with Crippen LogP contribution in [0.4, 0.5) is 18.9 Å². The lowest BCUT2D eigenvalue weighted by molar-refractivity contribution is 0.0998. The normalized spacial score (nSPS) is 20.4. The van der Waals surface area contributed by atoms with E-state index in [9.17, 15) is 18.4 Å². The van der Waals surface area contributed by atoms with E-state index in [0.717, 1.165) is 24.2 Å². The van der Waals surface area contributed by atoms with Crippen molar-refractivity contribution in [2.75, 3.05) is 18.1 Å². The fourth-order valence-electron chi connectivity index (χ4n) is 6.50. The molecule has 0 spiro atoms. The average molecular weight is 591 g/mol. The Morgan fingerprint density at radius 3 is 2.42 bits per heavy atom. The molecule has 0 unspecified atom stereocenters. The number of carbonyl (C=O) groups excluding carboxylic acids is 1. The van der Waals surface area contributed by atoms with Crippen molar-refractivity contribution >= 4 is 11.6 Å². The monoisotopic (exact) mass is 590 g/mol. The first kappa shape index (κ1) is 28.7. The van der Waals surface area contributed by atoms with Gasteiger partial charge in [0.25, 0.3) is 11.5 Å².